The summed E-state index contributed by atoms with van der Waals surface area (Å²) in [6.07, 6.45) is -5.93. The van der Waals surface area contributed by atoms with E-state index in [0.717, 1.165) is 12.1 Å². The molecule has 0 aliphatic rings. The van der Waals surface area contributed by atoms with Crippen molar-refractivity contribution in [2.24, 2.45) is 0 Å². The van der Waals surface area contributed by atoms with Gasteiger partial charge in [-0.2, -0.15) is 23.0 Å². The van der Waals surface area contributed by atoms with Gasteiger partial charge in [-0.3, -0.25) is 0 Å². The molecule has 0 fully saturated rings. The van der Waals surface area contributed by atoms with E-state index < -0.39 is 17.8 Å². The van der Waals surface area contributed by atoms with E-state index in [9.17, 15) is 18.0 Å². The minimum Gasteiger partial charge on any atom is -0.463 e. The summed E-state index contributed by atoms with van der Waals surface area (Å²) in [6.45, 7) is 0. The molecule has 0 amide bonds. The summed E-state index contributed by atoms with van der Waals surface area (Å²) in [4.78, 5) is 10.8. The van der Waals surface area contributed by atoms with Gasteiger partial charge in [-0.05, 0) is 40.8 Å². The van der Waals surface area contributed by atoms with E-state index >= 15 is 0 Å². The zero-order chi connectivity index (χ0) is 12.8. The van der Waals surface area contributed by atoms with Gasteiger partial charge in [0.1, 0.15) is 3.70 Å². The molecule has 1 N–H and O–H groups in total. The molecule has 0 saturated heterocycles. The number of hydrogen-bond acceptors (Lipinski definition) is 2. The van der Waals surface area contributed by atoms with Gasteiger partial charge in [-0.1, -0.05) is 0 Å². The van der Waals surface area contributed by atoms with Crippen LogP contribution in [-0.4, -0.2) is 21.0 Å². The maximum Gasteiger partial charge on any atom is 0.432 e. The number of hydrogen-bond donors (Lipinski definition) is 1. The lowest BCUT2D eigenvalue weighted by molar-refractivity contribution is -0.137. The van der Waals surface area contributed by atoms with E-state index in [1.54, 1.807) is 22.6 Å². The van der Waals surface area contributed by atoms with Gasteiger partial charge in [0.25, 0.3) is 0 Å². The SMILES string of the molecule is O=C(O)n1nc(I)c2ccc(C(F)(F)F)cc21. The van der Waals surface area contributed by atoms with Gasteiger partial charge in [-0.15, -0.1) is 0 Å². The fraction of sp³-hybridized carbons (Fsp3) is 0.111. The molecule has 0 saturated carbocycles. The summed E-state index contributed by atoms with van der Waals surface area (Å²) < 4.78 is 38.3. The second-order valence-corrected chi connectivity index (χ2v) is 4.24. The first-order valence-corrected chi connectivity index (χ1v) is 5.37. The highest BCUT2D eigenvalue weighted by molar-refractivity contribution is 14.1. The van der Waals surface area contributed by atoms with Crippen LogP contribution >= 0.6 is 22.6 Å². The van der Waals surface area contributed by atoms with Gasteiger partial charge in [0.2, 0.25) is 0 Å². The molecule has 90 valence electrons. The van der Waals surface area contributed by atoms with Crippen LogP contribution in [0, 0.1) is 3.70 Å². The third-order valence-electron chi connectivity index (χ3n) is 2.14. The van der Waals surface area contributed by atoms with Crippen LogP contribution in [0.1, 0.15) is 5.56 Å². The van der Waals surface area contributed by atoms with E-state index in [1.165, 1.54) is 6.07 Å². The van der Waals surface area contributed by atoms with Crippen LogP contribution in [0.25, 0.3) is 10.9 Å². The van der Waals surface area contributed by atoms with Gasteiger partial charge in [0.15, 0.2) is 0 Å². The van der Waals surface area contributed by atoms with Crippen molar-refractivity contribution in [3.05, 3.63) is 27.5 Å². The second-order valence-electron chi connectivity index (χ2n) is 3.21. The summed E-state index contributed by atoms with van der Waals surface area (Å²) >= 11 is 1.77. The molecular formula is C9H4F3IN2O2. The van der Waals surface area contributed by atoms with Crippen molar-refractivity contribution >= 4 is 39.6 Å². The Morgan fingerprint density at radius 2 is 2.06 bits per heavy atom. The molecule has 2 rings (SSSR count). The van der Waals surface area contributed by atoms with Gasteiger partial charge in [0, 0.05) is 5.39 Å². The summed E-state index contributed by atoms with van der Waals surface area (Å²) in [5.74, 6) is 0. The second kappa shape index (κ2) is 3.86. The highest BCUT2D eigenvalue weighted by atomic mass is 127. The van der Waals surface area contributed by atoms with Crippen molar-refractivity contribution in [1.29, 1.82) is 0 Å². The van der Waals surface area contributed by atoms with E-state index in [1.807, 2.05) is 0 Å². The summed E-state index contributed by atoms with van der Waals surface area (Å²) in [6, 6.07) is 2.89. The predicted molar refractivity (Wildman–Crippen MR) is 60.9 cm³/mol. The molecule has 1 aromatic heterocycles. The van der Waals surface area contributed by atoms with Crippen LogP contribution in [0.15, 0.2) is 18.2 Å². The Bertz CT molecular complexity index is 606. The molecule has 1 heterocycles. The van der Waals surface area contributed by atoms with Crippen molar-refractivity contribution in [2.45, 2.75) is 6.18 Å². The monoisotopic (exact) mass is 356 g/mol. The number of aromatic nitrogens is 2. The first-order valence-electron chi connectivity index (χ1n) is 4.29. The minimum atomic E-state index is -4.51. The molecule has 0 aliphatic heterocycles. The van der Waals surface area contributed by atoms with Crippen LogP contribution < -0.4 is 0 Å². The van der Waals surface area contributed by atoms with E-state index in [4.69, 9.17) is 5.11 Å². The standard InChI is InChI=1S/C9H4F3IN2O2/c10-9(11,12)4-1-2-5-6(3-4)15(8(16)17)14-7(5)13/h1-3H,(H,16,17). The third-order valence-corrected chi connectivity index (χ3v) is 2.94. The molecule has 1 aromatic carbocycles. The average molecular weight is 356 g/mol. The third kappa shape index (κ3) is 2.08. The molecule has 17 heavy (non-hydrogen) atoms. The lowest BCUT2D eigenvalue weighted by Gasteiger charge is -2.06. The fourth-order valence-electron chi connectivity index (χ4n) is 1.40. The summed E-state index contributed by atoms with van der Waals surface area (Å²) in [5, 5.41) is 12.8. The maximum atomic E-state index is 12.5. The van der Waals surface area contributed by atoms with E-state index in [2.05, 4.69) is 5.10 Å². The van der Waals surface area contributed by atoms with Gasteiger partial charge in [0.05, 0.1) is 11.1 Å². The number of rotatable bonds is 0. The van der Waals surface area contributed by atoms with Gasteiger partial charge >= 0.3 is 12.3 Å². The van der Waals surface area contributed by atoms with Crippen molar-refractivity contribution < 1.29 is 23.1 Å². The quantitative estimate of drug-likeness (QED) is 0.738. The average Bonchev–Trinajstić information content (AvgIpc) is 2.54. The minimum absolute atomic E-state index is 0.0725. The smallest absolute Gasteiger partial charge is 0.432 e. The van der Waals surface area contributed by atoms with Crippen molar-refractivity contribution in [1.82, 2.24) is 9.78 Å². The molecule has 0 radical (unpaired) electrons. The first-order chi connectivity index (χ1) is 7.80. The van der Waals surface area contributed by atoms with Crippen LogP contribution in [0.5, 0.6) is 0 Å². The van der Waals surface area contributed by atoms with E-state index in [-0.39, 0.29) is 5.52 Å². The number of benzene rings is 1. The summed E-state index contributed by atoms with van der Waals surface area (Å²) in [5.41, 5.74) is -0.972. The van der Waals surface area contributed by atoms with Crippen LogP contribution in [0.2, 0.25) is 0 Å². The van der Waals surface area contributed by atoms with Gasteiger partial charge < -0.3 is 5.11 Å². The van der Waals surface area contributed by atoms with Gasteiger partial charge in [-0.25, -0.2) is 4.79 Å². The molecular weight excluding hydrogens is 352 g/mol. The molecule has 8 heteroatoms. The first kappa shape index (κ1) is 12.1. The highest BCUT2D eigenvalue weighted by Crippen LogP contribution is 2.32. The zero-order valence-electron chi connectivity index (χ0n) is 7.99. The molecule has 2 aromatic rings. The molecule has 0 unspecified atom stereocenters. The van der Waals surface area contributed by atoms with Crippen molar-refractivity contribution in [3.8, 4) is 0 Å². The molecule has 0 atom stereocenters. The zero-order valence-corrected chi connectivity index (χ0v) is 10.2. The Kier molecular flexibility index (Phi) is 2.76. The number of carboxylic acid groups (broad SMARTS) is 1. The number of alkyl halides is 3. The molecule has 0 aliphatic carbocycles. The number of fused-ring (bicyclic) bond motifs is 1. The van der Waals surface area contributed by atoms with Crippen molar-refractivity contribution in [3.63, 3.8) is 0 Å². The number of carbonyl (C=O) groups is 1. The Morgan fingerprint density at radius 3 is 2.59 bits per heavy atom. The lowest BCUT2D eigenvalue weighted by atomic mass is 10.1. The fourth-order valence-corrected chi connectivity index (χ4v) is 2.07. The molecule has 0 bridgehead atoms. The summed E-state index contributed by atoms with van der Waals surface area (Å²) in [7, 11) is 0. The van der Waals surface area contributed by atoms with Crippen LogP contribution in [0.4, 0.5) is 18.0 Å². The van der Waals surface area contributed by atoms with E-state index in [0.29, 0.717) is 13.8 Å². The topological polar surface area (TPSA) is 55.1 Å². The Hall–Kier alpha value is -1.32. The maximum absolute atomic E-state index is 12.5. The Morgan fingerprint density at radius 1 is 1.41 bits per heavy atom. The lowest BCUT2D eigenvalue weighted by Crippen LogP contribution is -2.10. The highest BCUT2D eigenvalue weighted by Gasteiger charge is 2.31. The van der Waals surface area contributed by atoms with Crippen molar-refractivity contribution in [2.75, 3.05) is 0 Å². The normalized spacial score (nSPS) is 12.0. The molecule has 0 spiro atoms. The Labute approximate surface area is 106 Å². The van der Waals surface area contributed by atoms with Crippen LogP contribution in [0.3, 0.4) is 0 Å². The predicted octanol–water partition coefficient (Wildman–Crippen LogP) is 3.19. The molecule has 4 nitrogen and oxygen atoms in total. The number of nitrogens with zero attached hydrogens (tertiary/aromatic N) is 2. The van der Waals surface area contributed by atoms with Crippen LogP contribution in [-0.2, 0) is 6.18 Å². The largest absolute Gasteiger partial charge is 0.463 e. The Balaban J connectivity index is 2.75. The number of halogens is 4.